The topological polar surface area (TPSA) is 79.3 Å². The number of aliphatic carboxylic acids is 1. The molecule has 1 saturated carbocycles. The standard InChI is InChI=1S/C18H19FN2O3S/c19-14-4-2-1-3-12(14)9-16-20-10-15(25-16)17(22)21-13-7-5-11(6-8-13)18(23)24/h1-4,10-11,13H,5-9H2,(H,21,22)(H,23,24). The number of amides is 1. The van der Waals surface area contributed by atoms with E-state index in [2.05, 4.69) is 10.3 Å². The molecular weight excluding hydrogens is 343 g/mol. The zero-order valence-corrected chi connectivity index (χ0v) is 14.4. The molecule has 7 heteroatoms. The molecule has 1 amide bonds. The monoisotopic (exact) mass is 362 g/mol. The Morgan fingerprint density at radius 3 is 2.64 bits per heavy atom. The van der Waals surface area contributed by atoms with E-state index in [0.29, 0.717) is 47.6 Å². The van der Waals surface area contributed by atoms with Gasteiger partial charge in [0.15, 0.2) is 0 Å². The predicted octanol–water partition coefficient (Wildman–Crippen LogP) is 3.25. The van der Waals surface area contributed by atoms with E-state index >= 15 is 0 Å². The molecule has 5 nitrogen and oxygen atoms in total. The number of nitrogens with zero attached hydrogens (tertiary/aromatic N) is 1. The molecule has 0 atom stereocenters. The largest absolute Gasteiger partial charge is 0.481 e. The number of hydrogen-bond donors (Lipinski definition) is 2. The van der Waals surface area contributed by atoms with Gasteiger partial charge in [-0.05, 0) is 37.3 Å². The van der Waals surface area contributed by atoms with Crippen LogP contribution in [0, 0.1) is 11.7 Å². The zero-order chi connectivity index (χ0) is 17.8. The minimum Gasteiger partial charge on any atom is -0.481 e. The third-order valence-electron chi connectivity index (χ3n) is 4.49. The van der Waals surface area contributed by atoms with E-state index in [4.69, 9.17) is 5.11 Å². The smallest absolute Gasteiger partial charge is 0.306 e. The number of halogens is 1. The van der Waals surface area contributed by atoms with Crippen molar-refractivity contribution >= 4 is 23.2 Å². The molecule has 1 heterocycles. The molecule has 2 N–H and O–H groups in total. The third-order valence-corrected chi connectivity index (χ3v) is 5.48. The first-order valence-corrected chi connectivity index (χ1v) is 9.06. The molecule has 1 aliphatic carbocycles. The molecular formula is C18H19FN2O3S. The first kappa shape index (κ1) is 17.5. The minimum absolute atomic E-state index is 0.000202. The third kappa shape index (κ3) is 4.42. The van der Waals surface area contributed by atoms with Crippen molar-refractivity contribution in [2.75, 3.05) is 0 Å². The van der Waals surface area contributed by atoms with Gasteiger partial charge in [-0.15, -0.1) is 11.3 Å². The van der Waals surface area contributed by atoms with E-state index < -0.39 is 5.97 Å². The lowest BCUT2D eigenvalue weighted by Crippen LogP contribution is -2.38. The summed E-state index contributed by atoms with van der Waals surface area (Å²) in [6, 6.07) is 6.52. The van der Waals surface area contributed by atoms with Gasteiger partial charge in [-0.1, -0.05) is 18.2 Å². The SMILES string of the molecule is O=C(NC1CCC(C(=O)O)CC1)c1cnc(Cc2ccccc2F)s1. The second-order valence-corrected chi connectivity index (χ2v) is 7.36. The van der Waals surface area contributed by atoms with Crippen molar-refractivity contribution < 1.29 is 19.1 Å². The fraction of sp³-hybridized carbons (Fsp3) is 0.389. The molecule has 0 bridgehead atoms. The average Bonchev–Trinajstić information content (AvgIpc) is 3.06. The number of carboxylic acid groups (broad SMARTS) is 1. The zero-order valence-electron chi connectivity index (χ0n) is 13.6. The first-order valence-electron chi connectivity index (χ1n) is 8.24. The quantitative estimate of drug-likeness (QED) is 0.856. The molecule has 0 aliphatic heterocycles. The van der Waals surface area contributed by atoms with Crippen molar-refractivity contribution in [1.29, 1.82) is 0 Å². The Hall–Kier alpha value is -2.28. The van der Waals surface area contributed by atoms with Crippen molar-refractivity contribution in [3.63, 3.8) is 0 Å². The first-order chi connectivity index (χ1) is 12.0. The minimum atomic E-state index is -0.759. The number of thiazole rings is 1. The maximum Gasteiger partial charge on any atom is 0.306 e. The van der Waals surface area contributed by atoms with Crippen LogP contribution in [0.25, 0.3) is 0 Å². The lowest BCUT2D eigenvalue weighted by molar-refractivity contribution is -0.142. The molecule has 0 unspecified atom stereocenters. The predicted molar refractivity (Wildman–Crippen MR) is 92.2 cm³/mol. The molecule has 0 spiro atoms. The molecule has 132 valence electrons. The summed E-state index contributed by atoms with van der Waals surface area (Å²) in [6.45, 7) is 0. The maximum absolute atomic E-state index is 13.7. The molecule has 1 aromatic heterocycles. The molecule has 25 heavy (non-hydrogen) atoms. The summed E-state index contributed by atoms with van der Waals surface area (Å²) in [5.74, 6) is -1.54. The number of nitrogens with one attached hydrogen (secondary N) is 1. The highest BCUT2D eigenvalue weighted by atomic mass is 32.1. The Labute approximate surface area is 148 Å². The molecule has 1 aliphatic rings. The normalized spacial score (nSPS) is 20.2. The molecule has 0 radical (unpaired) electrons. The number of aromatic nitrogens is 1. The highest BCUT2D eigenvalue weighted by Crippen LogP contribution is 2.25. The number of carboxylic acids is 1. The Balaban J connectivity index is 1.56. The lowest BCUT2D eigenvalue weighted by Gasteiger charge is -2.26. The Kier molecular flexibility index (Phi) is 5.43. The van der Waals surface area contributed by atoms with Crippen molar-refractivity contribution in [2.24, 2.45) is 5.92 Å². The Morgan fingerprint density at radius 2 is 1.96 bits per heavy atom. The van der Waals surface area contributed by atoms with Gasteiger partial charge in [0, 0.05) is 12.5 Å². The number of carbonyl (C=O) groups excluding carboxylic acids is 1. The highest BCUT2D eigenvalue weighted by Gasteiger charge is 2.27. The summed E-state index contributed by atoms with van der Waals surface area (Å²) < 4.78 is 13.7. The van der Waals surface area contributed by atoms with Gasteiger partial charge < -0.3 is 10.4 Å². The van der Waals surface area contributed by atoms with Gasteiger partial charge >= 0.3 is 5.97 Å². The maximum atomic E-state index is 13.7. The van der Waals surface area contributed by atoms with Gasteiger partial charge in [-0.25, -0.2) is 9.37 Å². The van der Waals surface area contributed by atoms with Crippen LogP contribution in [0.2, 0.25) is 0 Å². The summed E-state index contributed by atoms with van der Waals surface area (Å²) in [4.78, 5) is 28.0. The van der Waals surface area contributed by atoms with Crippen LogP contribution < -0.4 is 5.32 Å². The number of hydrogen-bond acceptors (Lipinski definition) is 4. The van der Waals surface area contributed by atoms with Gasteiger partial charge in [0.2, 0.25) is 0 Å². The highest BCUT2D eigenvalue weighted by molar-refractivity contribution is 7.13. The van der Waals surface area contributed by atoms with Crippen LogP contribution in [0.5, 0.6) is 0 Å². The molecule has 3 rings (SSSR count). The molecule has 2 aromatic rings. The van der Waals surface area contributed by atoms with Gasteiger partial charge in [-0.2, -0.15) is 0 Å². The van der Waals surface area contributed by atoms with Crippen molar-refractivity contribution in [3.8, 4) is 0 Å². The van der Waals surface area contributed by atoms with Crippen LogP contribution >= 0.6 is 11.3 Å². The van der Waals surface area contributed by atoms with E-state index in [9.17, 15) is 14.0 Å². The summed E-state index contributed by atoms with van der Waals surface area (Å²) >= 11 is 1.25. The average molecular weight is 362 g/mol. The van der Waals surface area contributed by atoms with Gasteiger partial charge in [-0.3, -0.25) is 9.59 Å². The molecule has 0 saturated heterocycles. The van der Waals surface area contributed by atoms with Crippen LogP contribution in [-0.2, 0) is 11.2 Å². The molecule has 1 fully saturated rings. The summed E-state index contributed by atoms with van der Waals surface area (Å²) in [5, 5.41) is 12.6. The van der Waals surface area contributed by atoms with Crippen LogP contribution in [0.4, 0.5) is 4.39 Å². The van der Waals surface area contributed by atoms with Gasteiger partial charge in [0.25, 0.3) is 5.91 Å². The van der Waals surface area contributed by atoms with Crippen LogP contribution in [-0.4, -0.2) is 28.0 Å². The van der Waals surface area contributed by atoms with Gasteiger partial charge in [0.1, 0.15) is 10.7 Å². The van der Waals surface area contributed by atoms with Crippen molar-refractivity contribution in [1.82, 2.24) is 10.3 Å². The second kappa shape index (κ2) is 7.74. The van der Waals surface area contributed by atoms with Crippen LogP contribution in [0.15, 0.2) is 30.5 Å². The number of rotatable bonds is 5. The summed E-state index contributed by atoms with van der Waals surface area (Å²) in [6.07, 6.45) is 4.38. The van der Waals surface area contributed by atoms with E-state index in [0.717, 1.165) is 0 Å². The number of carbonyl (C=O) groups is 2. The van der Waals surface area contributed by atoms with Gasteiger partial charge in [0.05, 0.1) is 17.1 Å². The van der Waals surface area contributed by atoms with Crippen LogP contribution in [0.3, 0.4) is 0 Å². The van der Waals surface area contributed by atoms with E-state index in [1.165, 1.54) is 23.6 Å². The Bertz CT molecular complexity index is 769. The summed E-state index contributed by atoms with van der Waals surface area (Å²) in [7, 11) is 0. The fourth-order valence-corrected chi connectivity index (χ4v) is 3.89. The van der Waals surface area contributed by atoms with Crippen molar-refractivity contribution in [3.05, 3.63) is 51.7 Å². The fourth-order valence-electron chi connectivity index (χ4n) is 3.04. The molecule has 1 aromatic carbocycles. The number of benzene rings is 1. The lowest BCUT2D eigenvalue weighted by atomic mass is 9.86. The van der Waals surface area contributed by atoms with E-state index in [-0.39, 0.29) is 23.7 Å². The van der Waals surface area contributed by atoms with Crippen molar-refractivity contribution in [2.45, 2.75) is 38.1 Å². The van der Waals surface area contributed by atoms with Crippen LogP contribution in [0.1, 0.15) is 45.9 Å². The second-order valence-electron chi connectivity index (χ2n) is 6.25. The van der Waals surface area contributed by atoms with E-state index in [1.807, 2.05) is 0 Å². The summed E-state index contributed by atoms with van der Waals surface area (Å²) in [5.41, 5.74) is 0.552. The van der Waals surface area contributed by atoms with E-state index in [1.54, 1.807) is 18.2 Å². The Morgan fingerprint density at radius 1 is 1.24 bits per heavy atom.